The van der Waals surface area contributed by atoms with Crippen LogP contribution < -0.4 is 10.2 Å². The minimum absolute atomic E-state index is 0.108. The zero-order valence-corrected chi connectivity index (χ0v) is 14.7. The van der Waals surface area contributed by atoms with Crippen LogP contribution in [0.3, 0.4) is 0 Å². The van der Waals surface area contributed by atoms with Gasteiger partial charge in [0.25, 0.3) is 0 Å². The summed E-state index contributed by atoms with van der Waals surface area (Å²) in [6.07, 6.45) is 1.52. The van der Waals surface area contributed by atoms with Gasteiger partial charge >= 0.3 is 0 Å². The van der Waals surface area contributed by atoms with E-state index in [1.807, 2.05) is 37.3 Å². The summed E-state index contributed by atoms with van der Waals surface area (Å²) in [7, 11) is 0. The van der Waals surface area contributed by atoms with Crippen LogP contribution in [0.15, 0.2) is 74.5 Å². The van der Waals surface area contributed by atoms with Crippen molar-refractivity contribution in [2.24, 2.45) is 0 Å². The predicted octanol–water partition coefficient (Wildman–Crippen LogP) is 5.59. The van der Waals surface area contributed by atoms with E-state index < -0.39 is 0 Å². The lowest BCUT2D eigenvalue weighted by Gasteiger charge is -2.11. The van der Waals surface area contributed by atoms with Gasteiger partial charge in [0.1, 0.15) is 12.2 Å². The molecule has 4 rings (SSSR count). The minimum atomic E-state index is -0.246. The molecule has 0 atom stereocenters. The Bertz CT molecular complexity index is 1130. The van der Waals surface area contributed by atoms with Gasteiger partial charge in [0.05, 0.1) is 11.6 Å². The fourth-order valence-electron chi connectivity index (χ4n) is 2.75. The third-order valence-electron chi connectivity index (χ3n) is 4.08. The average molecular weight is 367 g/mol. The molecule has 0 saturated heterocycles. The molecule has 0 amide bonds. The molecule has 2 aromatic carbocycles. The van der Waals surface area contributed by atoms with Crippen molar-refractivity contribution in [2.45, 2.75) is 13.5 Å². The molecule has 5 heteroatoms. The fourth-order valence-corrected chi connectivity index (χ4v) is 2.94. The van der Waals surface area contributed by atoms with Crippen LogP contribution in [0.4, 0.5) is 0 Å². The normalized spacial score (nSPS) is 11.0. The first-order valence-electron chi connectivity index (χ1n) is 8.11. The van der Waals surface area contributed by atoms with Gasteiger partial charge in [-0.15, -0.1) is 0 Å². The van der Waals surface area contributed by atoms with E-state index in [4.69, 9.17) is 25.2 Å². The highest BCUT2D eigenvalue weighted by molar-refractivity contribution is 6.31. The van der Waals surface area contributed by atoms with Crippen LogP contribution in [0.5, 0.6) is 5.75 Å². The number of hydrogen-bond acceptors (Lipinski definition) is 4. The van der Waals surface area contributed by atoms with Gasteiger partial charge in [-0.3, -0.25) is 4.79 Å². The number of ether oxygens (including phenoxy) is 1. The predicted molar refractivity (Wildman–Crippen MR) is 101 cm³/mol. The summed E-state index contributed by atoms with van der Waals surface area (Å²) in [5.74, 6) is 0.807. The molecule has 0 bridgehead atoms. The summed E-state index contributed by atoms with van der Waals surface area (Å²) in [5.41, 5.74) is 2.02. The van der Waals surface area contributed by atoms with Gasteiger partial charge in [-0.25, -0.2) is 0 Å². The van der Waals surface area contributed by atoms with Crippen LogP contribution in [-0.4, -0.2) is 0 Å². The van der Waals surface area contributed by atoms with Crippen molar-refractivity contribution in [3.63, 3.8) is 0 Å². The number of furan rings is 1. The number of aryl methyl sites for hydroxylation is 1. The number of rotatable bonds is 4. The largest absolute Gasteiger partial charge is 0.481 e. The second-order valence-electron chi connectivity index (χ2n) is 5.95. The average Bonchev–Trinajstić information content (AvgIpc) is 3.16. The van der Waals surface area contributed by atoms with Crippen molar-refractivity contribution in [1.82, 2.24) is 0 Å². The second kappa shape index (κ2) is 6.73. The Kier molecular flexibility index (Phi) is 4.27. The third kappa shape index (κ3) is 3.00. The van der Waals surface area contributed by atoms with Crippen LogP contribution in [-0.2, 0) is 6.61 Å². The van der Waals surface area contributed by atoms with Crippen molar-refractivity contribution < 1.29 is 13.6 Å². The highest BCUT2D eigenvalue weighted by Crippen LogP contribution is 2.32. The van der Waals surface area contributed by atoms with Gasteiger partial charge in [0.15, 0.2) is 5.76 Å². The lowest BCUT2D eigenvalue weighted by molar-refractivity contribution is 0.296. The maximum absolute atomic E-state index is 13.0. The molecule has 0 aliphatic carbocycles. The van der Waals surface area contributed by atoms with Crippen LogP contribution in [0.1, 0.15) is 11.1 Å². The summed E-state index contributed by atoms with van der Waals surface area (Å²) in [5, 5.41) is 1.04. The van der Waals surface area contributed by atoms with E-state index in [0.29, 0.717) is 21.8 Å². The van der Waals surface area contributed by atoms with E-state index in [1.165, 1.54) is 6.26 Å². The van der Waals surface area contributed by atoms with Crippen molar-refractivity contribution >= 4 is 22.6 Å². The summed E-state index contributed by atoms with van der Waals surface area (Å²) in [4.78, 5) is 13.0. The van der Waals surface area contributed by atoms with E-state index in [2.05, 4.69) is 0 Å². The van der Waals surface area contributed by atoms with Crippen LogP contribution in [0, 0.1) is 6.92 Å². The van der Waals surface area contributed by atoms with Crippen LogP contribution in [0.25, 0.3) is 22.5 Å². The van der Waals surface area contributed by atoms with Crippen LogP contribution >= 0.6 is 11.6 Å². The Balaban J connectivity index is 1.85. The molecular formula is C21H15ClO4. The second-order valence-corrected chi connectivity index (χ2v) is 6.35. The molecule has 0 saturated carbocycles. The van der Waals surface area contributed by atoms with Gasteiger partial charge in [-0.1, -0.05) is 35.9 Å². The van der Waals surface area contributed by atoms with Crippen molar-refractivity contribution in [3.8, 4) is 17.3 Å². The molecular weight excluding hydrogens is 352 g/mol. The number of halogens is 1. The lowest BCUT2D eigenvalue weighted by atomic mass is 10.1. The van der Waals surface area contributed by atoms with Gasteiger partial charge in [0, 0.05) is 10.6 Å². The molecule has 26 heavy (non-hydrogen) atoms. The molecule has 0 aliphatic heterocycles. The monoisotopic (exact) mass is 366 g/mol. The Hall–Kier alpha value is -2.98. The minimum Gasteiger partial charge on any atom is -0.481 e. The van der Waals surface area contributed by atoms with Crippen molar-refractivity contribution in [3.05, 3.63) is 87.2 Å². The first kappa shape index (κ1) is 16.5. The molecule has 0 radical (unpaired) electrons. The molecule has 0 aliphatic rings. The van der Waals surface area contributed by atoms with Gasteiger partial charge in [-0.05, 0) is 42.8 Å². The molecule has 2 heterocycles. The molecule has 2 aromatic heterocycles. The standard InChI is InChI=1S/C21H15ClO4/c1-13-8-9-15-18(11-13)26-20(17-7-4-10-24-17)21(19(15)23)25-12-14-5-2-3-6-16(14)22/h2-11H,12H2,1H3. The van der Waals surface area contributed by atoms with E-state index in [0.717, 1.165) is 11.1 Å². The highest BCUT2D eigenvalue weighted by atomic mass is 35.5. The van der Waals surface area contributed by atoms with E-state index in [9.17, 15) is 4.79 Å². The van der Waals surface area contributed by atoms with E-state index in [-0.39, 0.29) is 23.5 Å². The summed E-state index contributed by atoms with van der Waals surface area (Å²) in [6, 6.07) is 16.2. The highest BCUT2D eigenvalue weighted by Gasteiger charge is 2.20. The Labute approximate surface area is 154 Å². The lowest BCUT2D eigenvalue weighted by Crippen LogP contribution is -2.10. The molecule has 0 fully saturated rings. The number of fused-ring (bicyclic) bond motifs is 1. The topological polar surface area (TPSA) is 52.6 Å². The molecule has 4 nitrogen and oxygen atoms in total. The number of hydrogen-bond donors (Lipinski definition) is 0. The summed E-state index contributed by atoms with van der Waals surface area (Å²) in [6.45, 7) is 2.09. The Morgan fingerprint density at radius 2 is 1.92 bits per heavy atom. The molecule has 130 valence electrons. The van der Waals surface area contributed by atoms with Crippen molar-refractivity contribution in [1.29, 1.82) is 0 Å². The first-order valence-corrected chi connectivity index (χ1v) is 8.49. The molecule has 0 unspecified atom stereocenters. The smallest absolute Gasteiger partial charge is 0.235 e. The van der Waals surface area contributed by atoms with Crippen LogP contribution in [0.2, 0.25) is 5.02 Å². The zero-order chi connectivity index (χ0) is 18.1. The number of benzene rings is 2. The molecule has 0 spiro atoms. The molecule has 0 N–H and O–H groups in total. The first-order chi connectivity index (χ1) is 12.6. The van der Waals surface area contributed by atoms with Crippen molar-refractivity contribution in [2.75, 3.05) is 0 Å². The SMILES string of the molecule is Cc1ccc2c(=O)c(OCc3ccccc3Cl)c(-c3ccco3)oc2c1. The Morgan fingerprint density at radius 3 is 2.69 bits per heavy atom. The van der Waals surface area contributed by atoms with Gasteiger partial charge < -0.3 is 13.6 Å². The molecule has 4 aromatic rings. The quantitative estimate of drug-likeness (QED) is 0.472. The maximum Gasteiger partial charge on any atom is 0.235 e. The third-order valence-corrected chi connectivity index (χ3v) is 4.45. The Morgan fingerprint density at radius 1 is 1.08 bits per heavy atom. The summed E-state index contributed by atoms with van der Waals surface area (Å²) < 4.78 is 17.2. The fraction of sp³-hybridized carbons (Fsp3) is 0.0952. The zero-order valence-electron chi connectivity index (χ0n) is 14.0. The maximum atomic E-state index is 13.0. The summed E-state index contributed by atoms with van der Waals surface area (Å²) >= 11 is 6.18. The van der Waals surface area contributed by atoms with Gasteiger partial charge in [-0.2, -0.15) is 0 Å². The van der Waals surface area contributed by atoms with E-state index in [1.54, 1.807) is 24.3 Å². The van der Waals surface area contributed by atoms with Gasteiger partial charge in [0.2, 0.25) is 16.9 Å². The van der Waals surface area contributed by atoms with E-state index >= 15 is 0 Å².